The molecular formula is C15H19BrF3N3O. The van der Waals surface area contributed by atoms with Crippen LogP contribution in [0.25, 0.3) is 0 Å². The van der Waals surface area contributed by atoms with Gasteiger partial charge in [-0.15, -0.1) is 0 Å². The molecule has 23 heavy (non-hydrogen) atoms. The van der Waals surface area contributed by atoms with E-state index < -0.39 is 24.2 Å². The number of hydrogen-bond acceptors (Lipinski definition) is 3. The Hall–Kier alpha value is -1.12. The van der Waals surface area contributed by atoms with Crippen molar-refractivity contribution in [3.63, 3.8) is 0 Å². The smallest absolute Gasteiger partial charge is 0.339 e. The first-order valence-corrected chi connectivity index (χ1v) is 8.20. The minimum Gasteiger partial charge on any atom is -0.339 e. The SMILES string of the molecule is CC(C)C1NNC(C(=O)NC(c2ccccc2)C(F)(F)F)C1Br. The Bertz CT molecular complexity index is 539. The van der Waals surface area contributed by atoms with Crippen LogP contribution in [0.15, 0.2) is 30.3 Å². The summed E-state index contributed by atoms with van der Waals surface area (Å²) in [5, 5.41) is 2.11. The summed E-state index contributed by atoms with van der Waals surface area (Å²) < 4.78 is 39.9. The van der Waals surface area contributed by atoms with Crippen molar-refractivity contribution >= 4 is 21.8 Å². The number of hydrazine groups is 1. The van der Waals surface area contributed by atoms with Crippen molar-refractivity contribution in [1.29, 1.82) is 0 Å². The summed E-state index contributed by atoms with van der Waals surface area (Å²) >= 11 is 3.40. The first-order chi connectivity index (χ1) is 10.7. The van der Waals surface area contributed by atoms with Gasteiger partial charge in [-0.1, -0.05) is 60.1 Å². The summed E-state index contributed by atoms with van der Waals surface area (Å²) in [7, 11) is 0. The first kappa shape index (κ1) is 18.2. The molecule has 8 heteroatoms. The molecule has 1 amide bonds. The second kappa shape index (κ2) is 7.19. The second-order valence-electron chi connectivity index (χ2n) is 5.87. The van der Waals surface area contributed by atoms with Gasteiger partial charge in [0.15, 0.2) is 6.04 Å². The van der Waals surface area contributed by atoms with Gasteiger partial charge in [0, 0.05) is 6.04 Å². The van der Waals surface area contributed by atoms with Crippen LogP contribution < -0.4 is 16.2 Å². The lowest BCUT2D eigenvalue weighted by molar-refractivity contribution is -0.164. The van der Waals surface area contributed by atoms with E-state index in [9.17, 15) is 18.0 Å². The summed E-state index contributed by atoms with van der Waals surface area (Å²) in [5.41, 5.74) is 5.72. The number of halogens is 4. The van der Waals surface area contributed by atoms with Crippen LogP contribution in [0.1, 0.15) is 25.5 Å². The van der Waals surface area contributed by atoms with Crippen LogP contribution in [-0.4, -0.2) is 29.0 Å². The van der Waals surface area contributed by atoms with E-state index in [1.54, 1.807) is 6.07 Å². The van der Waals surface area contributed by atoms with Crippen LogP contribution in [0, 0.1) is 5.92 Å². The fourth-order valence-corrected chi connectivity index (χ4v) is 3.64. The summed E-state index contributed by atoms with van der Waals surface area (Å²) in [4.78, 5) is 12.0. The number of hydrogen-bond donors (Lipinski definition) is 3. The number of nitrogens with one attached hydrogen (secondary N) is 3. The van der Waals surface area contributed by atoms with E-state index in [4.69, 9.17) is 0 Å². The molecule has 128 valence electrons. The van der Waals surface area contributed by atoms with Crippen LogP contribution >= 0.6 is 15.9 Å². The highest BCUT2D eigenvalue weighted by Gasteiger charge is 2.45. The Balaban J connectivity index is 2.13. The summed E-state index contributed by atoms with van der Waals surface area (Å²) in [6.07, 6.45) is -4.57. The minimum absolute atomic E-state index is 0.00541. The predicted octanol–water partition coefficient (Wildman–Crippen LogP) is 2.67. The molecule has 2 rings (SSSR count). The zero-order chi connectivity index (χ0) is 17.2. The van der Waals surface area contributed by atoms with E-state index in [0.29, 0.717) is 0 Å². The van der Waals surface area contributed by atoms with E-state index in [0.717, 1.165) is 0 Å². The Morgan fingerprint density at radius 2 is 1.83 bits per heavy atom. The van der Waals surface area contributed by atoms with Crippen LogP contribution in [-0.2, 0) is 4.79 Å². The third-order valence-electron chi connectivity index (χ3n) is 3.81. The molecule has 4 unspecified atom stereocenters. The summed E-state index contributed by atoms with van der Waals surface area (Å²) in [6.45, 7) is 3.94. The molecule has 1 heterocycles. The Morgan fingerprint density at radius 1 is 1.22 bits per heavy atom. The average Bonchev–Trinajstić information content (AvgIpc) is 2.86. The van der Waals surface area contributed by atoms with Crippen LogP contribution in [0.2, 0.25) is 0 Å². The minimum atomic E-state index is -4.57. The molecule has 0 spiro atoms. The molecule has 0 aliphatic carbocycles. The number of benzene rings is 1. The van der Waals surface area contributed by atoms with Crippen molar-refractivity contribution in [2.24, 2.45) is 5.92 Å². The lowest BCUT2D eigenvalue weighted by Crippen LogP contribution is -2.49. The van der Waals surface area contributed by atoms with Crippen molar-refractivity contribution < 1.29 is 18.0 Å². The number of alkyl halides is 4. The normalized spacial score (nSPS) is 26.3. The maximum atomic E-state index is 13.3. The molecule has 4 atom stereocenters. The molecule has 0 radical (unpaired) electrons. The van der Waals surface area contributed by atoms with Crippen LogP contribution in [0.5, 0.6) is 0 Å². The van der Waals surface area contributed by atoms with Crippen LogP contribution in [0.4, 0.5) is 13.2 Å². The molecule has 4 nitrogen and oxygen atoms in total. The highest BCUT2D eigenvalue weighted by molar-refractivity contribution is 9.09. The molecule has 3 N–H and O–H groups in total. The second-order valence-corrected chi connectivity index (χ2v) is 6.93. The maximum absolute atomic E-state index is 13.3. The summed E-state index contributed by atoms with van der Waals surface area (Å²) in [5.74, 6) is -0.481. The monoisotopic (exact) mass is 393 g/mol. The molecule has 1 aromatic carbocycles. The molecule has 1 aliphatic heterocycles. The molecule has 0 saturated carbocycles. The lowest BCUT2D eigenvalue weighted by Gasteiger charge is -2.25. The van der Waals surface area contributed by atoms with Gasteiger partial charge in [0.1, 0.15) is 6.04 Å². The molecule has 1 aromatic rings. The van der Waals surface area contributed by atoms with Crippen LogP contribution in [0.3, 0.4) is 0 Å². The third kappa shape index (κ3) is 4.24. The van der Waals surface area contributed by atoms with Crippen molar-refractivity contribution in [1.82, 2.24) is 16.2 Å². The largest absolute Gasteiger partial charge is 0.412 e. The highest BCUT2D eigenvalue weighted by atomic mass is 79.9. The molecule has 1 aliphatic rings. The van der Waals surface area contributed by atoms with Crippen molar-refractivity contribution in [3.05, 3.63) is 35.9 Å². The zero-order valence-corrected chi connectivity index (χ0v) is 14.3. The topological polar surface area (TPSA) is 53.2 Å². The summed E-state index contributed by atoms with van der Waals surface area (Å²) in [6, 6.07) is 4.49. The maximum Gasteiger partial charge on any atom is 0.412 e. The van der Waals surface area contributed by atoms with Crippen molar-refractivity contribution in [2.75, 3.05) is 0 Å². The van der Waals surface area contributed by atoms with Crippen molar-refractivity contribution in [3.8, 4) is 0 Å². The van der Waals surface area contributed by atoms with Gasteiger partial charge in [-0.25, -0.2) is 5.43 Å². The Labute approximate surface area is 141 Å². The molecule has 0 aromatic heterocycles. The van der Waals surface area contributed by atoms with Gasteiger partial charge < -0.3 is 5.32 Å². The number of amides is 1. The quantitative estimate of drug-likeness (QED) is 0.689. The number of carbonyl (C=O) groups excluding carboxylic acids is 1. The third-order valence-corrected chi connectivity index (χ3v) is 4.91. The first-order valence-electron chi connectivity index (χ1n) is 7.29. The van der Waals surface area contributed by atoms with Gasteiger partial charge in [-0.2, -0.15) is 13.2 Å². The van der Waals surface area contributed by atoms with Gasteiger partial charge in [-0.3, -0.25) is 10.2 Å². The van der Waals surface area contributed by atoms with E-state index in [1.165, 1.54) is 24.3 Å². The molecule has 0 bridgehead atoms. The van der Waals surface area contributed by atoms with Gasteiger partial charge in [0.2, 0.25) is 5.91 Å². The van der Waals surface area contributed by atoms with Crippen molar-refractivity contribution in [2.45, 2.75) is 43.0 Å². The standard InChI is InChI=1S/C15H19BrF3N3O/c1-8(2)11-10(16)12(22-21-11)14(23)20-13(15(17,18)19)9-6-4-3-5-7-9/h3-8,10-13,21-22H,1-2H3,(H,20,23). The number of rotatable bonds is 4. The van der Waals surface area contributed by atoms with E-state index in [1.807, 2.05) is 13.8 Å². The molecule has 1 saturated heterocycles. The predicted molar refractivity (Wildman–Crippen MR) is 84.8 cm³/mol. The highest BCUT2D eigenvalue weighted by Crippen LogP contribution is 2.33. The fraction of sp³-hybridized carbons (Fsp3) is 0.533. The van der Waals surface area contributed by atoms with Gasteiger partial charge in [0.25, 0.3) is 0 Å². The van der Waals surface area contributed by atoms with Gasteiger partial charge in [0.05, 0.1) is 4.83 Å². The molecule has 1 fully saturated rings. The Morgan fingerprint density at radius 3 is 2.30 bits per heavy atom. The van der Waals surface area contributed by atoms with E-state index >= 15 is 0 Å². The Kier molecular flexibility index (Phi) is 5.70. The van der Waals surface area contributed by atoms with Gasteiger partial charge >= 0.3 is 6.18 Å². The lowest BCUT2D eigenvalue weighted by atomic mass is 9.98. The van der Waals surface area contributed by atoms with E-state index in [-0.39, 0.29) is 22.4 Å². The zero-order valence-electron chi connectivity index (χ0n) is 12.7. The van der Waals surface area contributed by atoms with Gasteiger partial charge in [-0.05, 0) is 11.5 Å². The van der Waals surface area contributed by atoms with E-state index in [2.05, 4.69) is 32.1 Å². The number of carbonyl (C=O) groups is 1. The molecular weight excluding hydrogens is 375 g/mol. The average molecular weight is 394 g/mol. The fourth-order valence-electron chi connectivity index (χ4n) is 2.53.